The van der Waals surface area contributed by atoms with Gasteiger partial charge in [0.05, 0.1) is 0 Å². The highest BCUT2D eigenvalue weighted by atomic mass is 16.2. The van der Waals surface area contributed by atoms with E-state index in [1.165, 1.54) is 0 Å². The van der Waals surface area contributed by atoms with Crippen LogP contribution in [0.1, 0.15) is 12.8 Å². The van der Waals surface area contributed by atoms with Crippen molar-refractivity contribution in [3.05, 3.63) is 40.7 Å². The first-order valence-electron chi connectivity index (χ1n) is 6.36. The van der Waals surface area contributed by atoms with Crippen LogP contribution in [0.2, 0.25) is 0 Å². The second-order valence-electron chi connectivity index (χ2n) is 4.75. The zero-order valence-corrected chi connectivity index (χ0v) is 10.6. The Kier molecular flexibility index (Phi) is 2.98. The van der Waals surface area contributed by atoms with Gasteiger partial charge in [0.25, 0.3) is 5.56 Å². The van der Waals surface area contributed by atoms with Crippen LogP contribution in [0.5, 0.6) is 0 Å². The summed E-state index contributed by atoms with van der Waals surface area (Å²) in [6.07, 6.45) is 0.709. The molecule has 1 unspecified atom stereocenters. The number of fused-ring (bicyclic) bond motifs is 1. The Balaban J connectivity index is 1.90. The summed E-state index contributed by atoms with van der Waals surface area (Å²) in [5.41, 5.74) is -0.210. The molecule has 1 aliphatic heterocycles. The van der Waals surface area contributed by atoms with Crippen LogP contribution in [0.3, 0.4) is 0 Å². The average molecular weight is 271 g/mol. The van der Waals surface area contributed by atoms with Gasteiger partial charge in [0.2, 0.25) is 11.8 Å². The number of hydrogen-bond acceptors (Lipinski definition) is 4. The summed E-state index contributed by atoms with van der Waals surface area (Å²) in [6.45, 7) is 0. The van der Waals surface area contributed by atoms with Gasteiger partial charge in [0, 0.05) is 11.8 Å². The molecule has 6 nitrogen and oxygen atoms in total. The monoisotopic (exact) mass is 271 g/mol. The minimum Gasteiger partial charge on any atom is -0.360 e. The molecule has 1 fully saturated rings. The van der Waals surface area contributed by atoms with Crippen LogP contribution in [0.25, 0.3) is 10.8 Å². The molecule has 1 aliphatic rings. The fraction of sp³-hybridized carbons (Fsp3) is 0.214. The van der Waals surface area contributed by atoms with Gasteiger partial charge in [-0.25, -0.2) is 0 Å². The fourth-order valence-corrected chi connectivity index (χ4v) is 2.31. The zero-order chi connectivity index (χ0) is 14.1. The van der Waals surface area contributed by atoms with Gasteiger partial charge < -0.3 is 10.3 Å². The number of nitrogens with one attached hydrogen (secondary N) is 3. The van der Waals surface area contributed by atoms with Gasteiger partial charge in [-0.05, 0) is 23.9 Å². The van der Waals surface area contributed by atoms with Crippen LogP contribution in [-0.2, 0) is 9.59 Å². The molecule has 3 N–H and O–H groups in total. The fourth-order valence-electron chi connectivity index (χ4n) is 2.31. The number of carbonyl (C=O) groups excluding carboxylic acids is 2. The van der Waals surface area contributed by atoms with E-state index >= 15 is 0 Å². The van der Waals surface area contributed by atoms with Crippen molar-refractivity contribution >= 4 is 28.4 Å². The van der Waals surface area contributed by atoms with Crippen LogP contribution < -0.4 is 16.2 Å². The SMILES string of the molecule is O=C1CCC(Nc2cc3ccccc3c(=O)[nH]2)C(=O)N1. The number of carbonyl (C=O) groups is 2. The minimum atomic E-state index is -0.510. The van der Waals surface area contributed by atoms with Crippen molar-refractivity contribution in [1.82, 2.24) is 10.3 Å². The van der Waals surface area contributed by atoms with Gasteiger partial charge in [-0.1, -0.05) is 18.2 Å². The summed E-state index contributed by atoms with van der Waals surface area (Å²) in [5.74, 6) is -0.154. The molecule has 1 aromatic carbocycles. The van der Waals surface area contributed by atoms with E-state index in [2.05, 4.69) is 15.6 Å². The van der Waals surface area contributed by atoms with Crippen molar-refractivity contribution in [2.75, 3.05) is 5.32 Å². The number of aromatic nitrogens is 1. The van der Waals surface area contributed by atoms with Crippen molar-refractivity contribution in [2.24, 2.45) is 0 Å². The molecular formula is C14H13N3O3. The molecule has 1 aromatic heterocycles. The van der Waals surface area contributed by atoms with E-state index in [1.807, 2.05) is 12.1 Å². The Bertz CT molecular complexity index is 751. The minimum absolute atomic E-state index is 0.210. The molecule has 102 valence electrons. The van der Waals surface area contributed by atoms with Crippen LogP contribution in [0, 0.1) is 0 Å². The number of anilines is 1. The summed E-state index contributed by atoms with van der Waals surface area (Å²) < 4.78 is 0. The predicted molar refractivity (Wildman–Crippen MR) is 74.4 cm³/mol. The molecule has 2 amide bonds. The third kappa shape index (κ3) is 2.27. The highest BCUT2D eigenvalue weighted by Crippen LogP contribution is 2.15. The first-order valence-corrected chi connectivity index (χ1v) is 6.36. The smallest absolute Gasteiger partial charge is 0.257 e. The maximum Gasteiger partial charge on any atom is 0.257 e. The second-order valence-corrected chi connectivity index (χ2v) is 4.75. The lowest BCUT2D eigenvalue weighted by Crippen LogP contribution is -2.47. The Morgan fingerprint density at radius 1 is 1.15 bits per heavy atom. The summed E-state index contributed by atoms with van der Waals surface area (Å²) in [4.78, 5) is 37.4. The highest BCUT2D eigenvalue weighted by Gasteiger charge is 2.26. The molecule has 0 bridgehead atoms. The first-order chi connectivity index (χ1) is 9.63. The second kappa shape index (κ2) is 4.80. The zero-order valence-electron chi connectivity index (χ0n) is 10.6. The van der Waals surface area contributed by atoms with Gasteiger partial charge in [-0.3, -0.25) is 19.7 Å². The van der Waals surface area contributed by atoms with Crippen LogP contribution >= 0.6 is 0 Å². The molecule has 0 spiro atoms. The van der Waals surface area contributed by atoms with Crippen molar-refractivity contribution < 1.29 is 9.59 Å². The predicted octanol–water partition coefficient (Wildman–Crippen LogP) is 0.745. The number of rotatable bonds is 2. The standard InChI is InChI=1S/C14H13N3O3/c18-12-6-5-10(14(20)17-12)15-11-7-8-3-1-2-4-9(8)13(19)16-11/h1-4,7,10H,5-6H2,(H2,15,16,19)(H,17,18,20). The van der Waals surface area contributed by atoms with E-state index in [9.17, 15) is 14.4 Å². The molecule has 20 heavy (non-hydrogen) atoms. The summed E-state index contributed by atoms with van der Waals surface area (Å²) in [7, 11) is 0. The lowest BCUT2D eigenvalue weighted by Gasteiger charge is -2.22. The van der Waals surface area contributed by atoms with Gasteiger partial charge in [-0.15, -0.1) is 0 Å². The summed E-state index contributed by atoms with van der Waals surface area (Å²) in [5, 5.41) is 6.63. The lowest BCUT2D eigenvalue weighted by atomic mass is 10.1. The number of imide groups is 1. The maximum atomic E-state index is 11.9. The van der Waals surface area contributed by atoms with E-state index in [1.54, 1.807) is 18.2 Å². The normalized spacial score (nSPS) is 18.9. The number of amides is 2. The largest absolute Gasteiger partial charge is 0.360 e. The molecule has 3 rings (SSSR count). The van der Waals surface area contributed by atoms with Gasteiger partial charge in [0.15, 0.2) is 0 Å². The van der Waals surface area contributed by atoms with E-state index < -0.39 is 6.04 Å². The quantitative estimate of drug-likeness (QED) is 0.703. The van der Waals surface area contributed by atoms with Crippen LogP contribution in [-0.4, -0.2) is 22.8 Å². The lowest BCUT2D eigenvalue weighted by molar-refractivity contribution is -0.133. The summed E-state index contributed by atoms with van der Waals surface area (Å²) in [6, 6.07) is 8.48. The number of aromatic amines is 1. The Labute approximate surface area is 114 Å². The third-order valence-electron chi connectivity index (χ3n) is 3.32. The van der Waals surface area contributed by atoms with Gasteiger partial charge in [-0.2, -0.15) is 0 Å². The van der Waals surface area contributed by atoms with Crippen molar-refractivity contribution in [3.63, 3.8) is 0 Å². The third-order valence-corrected chi connectivity index (χ3v) is 3.32. The van der Waals surface area contributed by atoms with Crippen LogP contribution in [0.15, 0.2) is 35.1 Å². The highest BCUT2D eigenvalue weighted by molar-refractivity contribution is 6.01. The molecule has 0 radical (unpaired) electrons. The molecule has 6 heteroatoms. The maximum absolute atomic E-state index is 11.9. The summed E-state index contributed by atoms with van der Waals surface area (Å²) >= 11 is 0. The Hall–Kier alpha value is -2.63. The van der Waals surface area contributed by atoms with Gasteiger partial charge in [0.1, 0.15) is 11.9 Å². The topological polar surface area (TPSA) is 91.1 Å². The van der Waals surface area contributed by atoms with E-state index in [0.717, 1.165) is 5.39 Å². The van der Waals surface area contributed by atoms with Crippen molar-refractivity contribution in [3.8, 4) is 0 Å². The first kappa shape index (κ1) is 12.4. The Morgan fingerprint density at radius 2 is 1.95 bits per heavy atom. The number of hydrogen-bond donors (Lipinski definition) is 3. The Morgan fingerprint density at radius 3 is 2.75 bits per heavy atom. The van der Waals surface area contributed by atoms with Crippen LogP contribution in [0.4, 0.5) is 5.82 Å². The molecule has 0 saturated carbocycles. The number of pyridine rings is 1. The number of benzene rings is 1. The molecule has 1 saturated heterocycles. The van der Waals surface area contributed by atoms with Crippen molar-refractivity contribution in [1.29, 1.82) is 0 Å². The van der Waals surface area contributed by atoms with E-state index in [-0.39, 0.29) is 17.4 Å². The molecule has 2 heterocycles. The number of piperidine rings is 1. The van der Waals surface area contributed by atoms with Crippen molar-refractivity contribution in [2.45, 2.75) is 18.9 Å². The van der Waals surface area contributed by atoms with Gasteiger partial charge >= 0.3 is 0 Å². The average Bonchev–Trinajstić information content (AvgIpc) is 2.42. The molecule has 0 aliphatic carbocycles. The number of H-pyrrole nitrogens is 1. The molecular weight excluding hydrogens is 258 g/mol. The molecule has 1 atom stereocenters. The van der Waals surface area contributed by atoms with E-state index in [0.29, 0.717) is 24.0 Å². The molecule has 2 aromatic rings. The van der Waals surface area contributed by atoms with E-state index in [4.69, 9.17) is 0 Å².